The first-order chi connectivity index (χ1) is 13.7. The molecule has 28 heavy (non-hydrogen) atoms. The number of carbonyl (C=O) groups is 1. The quantitative estimate of drug-likeness (QED) is 0.483. The highest BCUT2D eigenvalue weighted by molar-refractivity contribution is 7.16. The first-order valence-corrected chi connectivity index (χ1v) is 10.7. The van der Waals surface area contributed by atoms with Crippen LogP contribution in [0.25, 0.3) is 21.5 Å². The lowest BCUT2D eigenvalue weighted by Crippen LogP contribution is -2.13. The molecule has 3 aromatic heterocycles. The number of amides is 1. The number of rotatable bonds is 3. The highest BCUT2D eigenvalue weighted by Crippen LogP contribution is 2.39. The zero-order valence-electron chi connectivity index (χ0n) is 14.9. The summed E-state index contributed by atoms with van der Waals surface area (Å²) in [5.74, 6) is -0.201. The van der Waals surface area contributed by atoms with Crippen LogP contribution in [0, 0.1) is 11.3 Å². The van der Waals surface area contributed by atoms with Crippen molar-refractivity contribution >= 4 is 44.5 Å². The Balaban J connectivity index is 1.59. The van der Waals surface area contributed by atoms with E-state index < -0.39 is 0 Å². The maximum absolute atomic E-state index is 13.2. The van der Waals surface area contributed by atoms with Gasteiger partial charge < -0.3 is 5.32 Å². The molecule has 136 valence electrons. The van der Waals surface area contributed by atoms with Gasteiger partial charge in [0.2, 0.25) is 0 Å². The van der Waals surface area contributed by atoms with Crippen LogP contribution in [0.1, 0.15) is 32.8 Å². The number of pyridine rings is 1. The minimum Gasteiger partial charge on any atom is -0.312 e. The molecule has 5 rings (SSSR count). The van der Waals surface area contributed by atoms with Crippen LogP contribution >= 0.6 is 22.7 Å². The number of hydrogen-bond donors (Lipinski definition) is 1. The summed E-state index contributed by atoms with van der Waals surface area (Å²) in [6.07, 6.45) is 3.00. The van der Waals surface area contributed by atoms with Gasteiger partial charge in [-0.05, 0) is 48.4 Å². The molecule has 0 radical (unpaired) electrons. The van der Waals surface area contributed by atoms with Crippen LogP contribution in [0.15, 0.2) is 47.8 Å². The number of nitrogens with one attached hydrogen (secondary N) is 1. The molecule has 4 aromatic rings. The highest BCUT2D eigenvalue weighted by atomic mass is 32.1. The summed E-state index contributed by atoms with van der Waals surface area (Å²) in [6, 6.07) is 15.8. The topological polar surface area (TPSA) is 65.8 Å². The molecule has 0 saturated carbocycles. The largest absolute Gasteiger partial charge is 0.312 e. The number of thiophene rings is 2. The van der Waals surface area contributed by atoms with E-state index in [9.17, 15) is 10.1 Å². The molecule has 3 heterocycles. The first kappa shape index (κ1) is 17.1. The van der Waals surface area contributed by atoms with Crippen molar-refractivity contribution < 1.29 is 4.79 Å². The lowest BCUT2D eigenvalue weighted by atomic mass is 10.1. The smallest absolute Gasteiger partial charge is 0.257 e. The van der Waals surface area contributed by atoms with Crippen LogP contribution in [0.4, 0.5) is 5.00 Å². The highest BCUT2D eigenvalue weighted by Gasteiger charge is 2.24. The molecular formula is C22H15N3OS2. The number of anilines is 1. The third-order valence-electron chi connectivity index (χ3n) is 4.99. The van der Waals surface area contributed by atoms with Crippen molar-refractivity contribution in [3.8, 4) is 16.6 Å². The number of nitrogens with zero attached hydrogens (tertiary/aromatic N) is 2. The van der Waals surface area contributed by atoms with Crippen molar-refractivity contribution in [1.82, 2.24) is 4.98 Å². The summed E-state index contributed by atoms with van der Waals surface area (Å²) in [5.41, 5.74) is 3.89. The predicted molar refractivity (Wildman–Crippen MR) is 114 cm³/mol. The van der Waals surface area contributed by atoms with E-state index in [0.29, 0.717) is 16.1 Å². The van der Waals surface area contributed by atoms with Crippen molar-refractivity contribution in [2.45, 2.75) is 19.3 Å². The zero-order valence-corrected chi connectivity index (χ0v) is 16.5. The summed E-state index contributed by atoms with van der Waals surface area (Å²) in [5, 5.41) is 16.1. The minimum absolute atomic E-state index is 0.201. The van der Waals surface area contributed by atoms with E-state index in [2.05, 4.69) is 11.4 Å². The molecule has 4 nitrogen and oxygen atoms in total. The standard InChI is InChI=1S/C22H15N3OS2/c23-12-16-14-6-3-8-19(14)28-22(16)25-21(26)15-11-18(20-9-4-10-27-20)24-17-7-2-1-5-13(15)17/h1-2,4-5,7,9-11H,3,6,8H2,(H,25,26). The molecule has 1 amide bonds. The predicted octanol–water partition coefficient (Wildman–Crippen LogP) is 5.64. The molecule has 0 atom stereocenters. The van der Waals surface area contributed by atoms with Gasteiger partial charge in [-0.1, -0.05) is 24.3 Å². The molecule has 0 spiro atoms. The molecule has 1 aromatic carbocycles. The summed E-state index contributed by atoms with van der Waals surface area (Å²) in [4.78, 5) is 20.2. The summed E-state index contributed by atoms with van der Waals surface area (Å²) in [6.45, 7) is 0. The number of para-hydroxylation sites is 1. The van der Waals surface area contributed by atoms with Crippen molar-refractivity contribution in [2.75, 3.05) is 5.32 Å². The van der Waals surface area contributed by atoms with Gasteiger partial charge in [0.1, 0.15) is 11.1 Å². The van der Waals surface area contributed by atoms with E-state index >= 15 is 0 Å². The van der Waals surface area contributed by atoms with Crippen molar-refractivity contribution in [2.24, 2.45) is 0 Å². The molecular weight excluding hydrogens is 386 g/mol. The Bertz CT molecular complexity index is 1250. The molecule has 0 aliphatic heterocycles. The molecule has 0 saturated heterocycles. The van der Waals surface area contributed by atoms with Gasteiger partial charge in [-0.3, -0.25) is 4.79 Å². The van der Waals surface area contributed by atoms with E-state index in [0.717, 1.165) is 46.3 Å². The average molecular weight is 402 g/mol. The maximum atomic E-state index is 13.2. The Morgan fingerprint density at radius 2 is 2.07 bits per heavy atom. The average Bonchev–Trinajstić information content (AvgIpc) is 3.44. The molecule has 0 fully saturated rings. The lowest BCUT2D eigenvalue weighted by molar-refractivity contribution is 0.102. The third-order valence-corrected chi connectivity index (χ3v) is 7.09. The van der Waals surface area contributed by atoms with Gasteiger partial charge in [0.15, 0.2) is 0 Å². The molecule has 1 N–H and O–H groups in total. The molecule has 0 bridgehead atoms. The van der Waals surface area contributed by atoms with Crippen molar-refractivity contribution in [3.63, 3.8) is 0 Å². The fourth-order valence-electron chi connectivity index (χ4n) is 3.69. The fourth-order valence-corrected chi connectivity index (χ4v) is 5.62. The Kier molecular flexibility index (Phi) is 4.19. The summed E-state index contributed by atoms with van der Waals surface area (Å²) >= 11 is 3.13. The van der Waals surface area contributed by atoms with Crippen LogP contribution < -0.4 is 5.32 Å². The van der Waals surface area contributed by atoms with Gasteiger partial charge in [0, 0.05) is 10.3 Å². The molecule has 1 aliphatic carbocycles. The number of benzene rings is 1. The van der Waals surface area contributed by atoms with Crippen molar-refractivity contribution in [1.29, 1.82) is 5.26 Å². The second-order valence-electron chi connectivity index (χ2n) is 6.68. The first-order valence-electron chi connectivity index (χ1n) is 9.04. The van der Waals surface area contributed by atoms with Crippen LogP contribution in [-0.4, -0.2) is 10.9 Å². The van der Waals surface area contributed by atoms with E-state index in [1.807, 2.05) is 47.8 Å². The zero-order chi connectivity index (χ0) is 19.1. The number of hydrogen-bond acceptors (Lipinski definition) is 5. The van der Waals surface area contributed by atoms with Crippen LogP contribution in [0.3, 0.4) is 0 Å². The second-order valence-corrected chi connectivity index (χ2v) is 8.73. The monoisotopic (exact) mass is 401 g/mol. The number of aryl methyl sites for hydroxylation is 1. The van der Waals surface area contributed by atoms with Gasteiger partial charge in [-0.15, -0.1) is 22.7 Å². The Hall–Kier alpha value is -3.01. The van der Waals surface area contributed by atoms with Gasteiger partial charge in [-0.25, -0.2) is 4.98 Å². The van der Waals surface area contributed by atoms with E-state index in [1.165, 1.54) is 16.2 Å². The normalized spacial score (nSPS) is 12.7. The third kappa shape index (κ3) is 2.80. The van der Waals surface area contributed by atoms with E-state index in [-0.39, 0.29) is 5.91 Å². The molecule has 6 heteroatoms. The van der Waals surface area contributed by atoms with Crippen LogP contribution in [0.5, 0.6) is 0 Å². The Labute approximate surface area is 170 Å². The summed E-state index contributed by atoms with van der Waals surface area (Å²) in [7, 11) is 0. The SMILES string of the molecule is N#Cc1c(NC(=O)c2cc(-c3cccs3)nc3ccccc23)sc2c1CCC2. The van der Waals surface area contributed by atoms with Crippen molar-refractivity contribution in [3.05, 3.63) is 69.4 Å². The molecule has 0 unspecified atom stereocenters. The van der Waals surface area contributed by atoms with Gasteiger partial charge in [0.25, 0.3) is 5.91 Å². The summed E-state index contributed by atoms with van der Waals surface area (Å²) < 4.78 is 0. The Morgan fingerprint density at radius 1 is 1.18 bits per heavy atom. The fraction of sp³-hybridized carbons (Fsp3) is 0.136. The number of aromatic nitrogens is 1. The van der Waals surface area contributed by atoms with E-state index in [1.54, 1.807) is 11.3 Å². The van der Waals surface area contributed by atoms with Crippen LogP contribution in [-0.2, 0) is 12.8 Å². The lowest BCUT2D eigenvalue weighted by Gasteiger charge is -2.09. The second kappa shape index (κ2) is 6.86. The number of carbonyl (C=O) groups excluding carboxylic acids is 1. The number of fused-ring (bicyclic) bond motifs is 2. The van der Waals surface area contributed by atoms with Gasteiger partial charge in [0.05, 0.1) is 27.2 Å². The van der Waals surface area contributed by atoms with Gasteiger partial charge >= 0.3 is 0 Å². The molecule has 1 aliphatic rings. The maximum Gasteiger partial charge on any atom is 0.257 e. The van der Waals surface area contributed by atoms with Crippen LogP contribution in [0.2, 0.25) is 0 Å². The minimum atomic E-state index is -0.201. The Morgan fingerprint density at radius 3 is 2.89 bits per heavy atom. The van der Waals surface area contributed by atoms with Gasteiger partial charge in [-0.2, -0.15) is 5.26 Å². The number of nitriles is 1. The van der Waals surface area contributed by atoms with E-state index in [4.69, 9.17) is 4.98 Å².